The molecule has 4 nitrogen and oxygen atoms in total. The summed E-state index contributed by atoms with van der Waals surface area (Å²) in [5.41, 5.74) is 8.98. The molecule has 4 heterocycles. The van der Waals surface area contributed by atoms with E-state index in [0.717, 1.165) is 28.5 Å². The Morgan fingerprint density at radius 3 is 2.96 bits per heavy atom. The van der Waals surface area contributed by atoms with Gasteiger partial charge in [0.05, 0.1) is 12.6 Å². The van der Waals surface area contributed by atoms with Crippen molar-refractivity contribution in [2.75, 3.05) is 20.2 Å². The first-order valence-corrected chi connectivity index (χ1v) is 9.13. The van der Waals surface area contributed by atoms with Gasteiger partial charge in [0, 0.05) is 30.2 Å². The summed E-state index contributed by atoms with van der Waals surface area (Å²) in [6.07, 6.45) is 5.74. The lowest BCUT2D eigenvalue weighted by Crippen LogP contribution is -2.56. The van der Waals surface area contributed by atoms with Gasteiger partial charge in [0.2, 0.25) is 0 Å². The maximum Gasteiger partial charge on any atom is 0.119 e. The van der Waals surface area contributed by atoms with Crippen LogP contribution in [0.25, 0.3) is 10.9 Å². The molecule has 4 heteroatoms. The number of nitrogens with two attached hydrogens (primary N) is 1. The molecule has 1 aromatic heterocycles. The molecule has 2 aromatic rings. The molecule has 3 aliphatic heterocycles. The summed E-state index contributed by atoms with van der Waals surface area (Å²) in [4.78, 5) is 7.12. The van der Waals surface area contributed by atoms with Gasteiger partial charge < -0.3 is 10.5 Å². The summed E-state index contributed by atoms with van der Waals surface area (Å²) >= 11 is 0. The van der Waals surface area contributed by atoms with Crippen molar-refractivity contribution in [2.24, 2.45) is 17.6 Å². The van der Waals surface area contributed by atoms with Crippen molar-refractivity contribution >= 4 is 10.9 Å². The molecule has 0 saturated carbocycles. The van der Waals surface area contributed by atoms with Crippen LogP contribution in [0.5, 0.6) is 5.75 Å². The van der Waals surface area contributed by atoms with Gasteiger partial charge in [-0.15, -0.1) is 0 Å². The van der Waals surface area contributed by atoms with Gasteiger partial charge >= 0.3 is 0 Å². The highest BCUT2D eigenvalue weighted by molar-refractivity contribution is 5.84. The van der Waals surface area contributed by atoms with Gasteiger partial charge in [0.25, 0.3) is 0 Å². The highest BCUT2D eigenvalue weighted by Gasteiger charge is 2.41. The second kappa shape index (κ2) is 6.34. The van der Waals surface area contributed by atoms with Crippen LogP contribution in [0.2, 0.25) is 0 Å². The van der Waals surface area contributed by atoms with E-state index in [0.29, 0.717) is 6.04 Å². The molecule has 0 spiro atoms. The van der Waals surface area contributed by atoms with Crippen LogP contribution in [0.1, 0.15) is 37.8 Å². The lowest BCUT2D eigenvalue weighted by Gasteiger charge is -2.51. The van der Waals surface area contributed by atoms with Crippen LogP contribution in [0.15, 0.2) is 30.5 Å². The smallest absolute Gasteiger partial charge is 0.119 e. The largest absolute Gasteiger partial charge is 0.497 e. The van der Waals surface area contributed by atoms with Crippen molar-refractivity contribution in [3.05, 3.63) is 36.0 Å². The molecule has 1 aromatic carbocycles. The average molecular weight is 325 g/mol. The first-order chi connectivity index (χ1) is 11.7. The summed E-state index contributed by atoms with van der Waals surface area (Å²) in [6.45, 7) is 4.74. The fraction of sp³-hybridized carbons (Fsp3) is 0.550. The first kappa shape index (κ1) is 15.9. The standard InChI is InChI=1S/C20H27N3O/c1-3-13-12-23-9-7-14(13)10-19(23)20(21)16-6-8-22-18-5-4-15(24-2)11-17(16)18/h4-6,8,11,13-14,19-20H,3,7,9-10,12,21H2,1-2H3/t13-,14?,19+,20-/m0/s1. The third-order valence-corrected chi connectivity index (χ3v) is 6.22. The maximum absolute atomic E-state index is 6.79. The van der Waals surface area contributed by atoms with Crippen molar-refractivity contribution in [1.29, 1.82) is 0 Å². The van der Waals surface area contributed by atoms with Crippen LogP contribution in [-0.4, -0.2) is 36.1 Å². The molecule has 24 heavy (non-hydrogen) atoms. The number of benzene rings is 1. The third kappa shape index (κ3) is 2.58. The number of nitrogens with zero attached hydrogens (tertiary/aromatic N) is 2. The van der Waals surface area contributed by atoms with Crippen molar-refractivity contribution in [3.8, 4) is 5.75 Å². The van der Waals surface area contributed by atoms with Gasteiger partial charge in [-0.1, -0.05) is 13.3 Å². The fourth-order valence-electron chi connectivity index (χ4n) is 4.79. The van der Waals surface area contributed by atoms with Gasteiger partial charge in [-0.25, -0.2) is 0 Å². The predicted molar refractivity (Wildman–Crippen MR) is 97.1 cm³/mol. The van der Waals surface area contributed by atoms with Crippen LogP contribution < -0.4 is 10.5 Å². The van der Waals surface area contributed by atoms with E-state index in [9.17, 15) is 0 Å². The van der Waals surface area contributed by atoms with Crippen LogP contribution in [-0.2, 0) is 0 Å². The number of hydrogen-bond acceptors (Lipinski definition) is 4. The molecule has 0 radical (unpaired) electrons. The van der Waals surface area contributed by atoms with E-state index in [1.54, 1.807) is 7.11 Å². The second-order valence-corrected chi connectivity index (χ2v) is 7.32. The normalized spacial score (nSPS) is 30.5. The molecule has 128 valence electrons. The monoisotopic (exact) mass is 325 g/mol. The second-order valence-electron chi connectivity index (χ2n) is 7.32. The molecule has 2 bridgehead atoms. The van der Waals surface area contributed by atoms with E-state index < -0.39 is 0 Å². The van der Waals surface area contributed by atoms with Crippen molar-refractivity contribution in [2.45, 2.75) is 38.3 Å². The Labute approximate surface area is 144 Å². The maximum atomic E-state index is 6.79. The number of hydrogen-bond donors (Lipinski definition) is 1. The van der Waals surface area contributed by atoms with Crippen LogP contribution in [0.3, 0.4) is 0 Å². The van der Waals surface area contributed by atoms with E-state index in [2.05, 4.69) is 28.9 Å². The first-order valence-electron chi connectivity index (χ1n) is 9.13. The number of ether oxygens (including phenoxy) is 1. The van der Waals surface area contributed by atoms with E-state index in [1.807, 2.05) is 18.3 Å². The van der Waals surface area contributed by atoms with E-state index in [1.165, 1.54) is 37.9 Å². The Hall–Kier alpha value is -1.65. The SMILES string of the molecule is CC[C@H]1CN2CCC1C[C@@H]2[C@@H](N)c1ccnc2ccc(OC)cc12. The van der Waals surface area contributed by atoms with Crippen molar-refractivity contribution in [3.63, 3.8) is 0 Å². The Kier molecular flexibility index (Phi) is 4.19. The Morgan fingerprint density at radius 1 is 1.38 bits per heavy atom. The predicted octanol–water partition coefficient (Wildman–Crippen LogP) is 3.36. The number of pyridine rings is 1. The average Bonchev–Trinajstić information content (AvgIpc) is 2.66. The number of piperidine rings is 3. The number of methoxy groups -OCH3 is 1. The number of rotatable bonds is 4. The third-order valence-electron chi connectivity index (χ3n) is 6.22. The van der Waals surface area contributed by atoms with E-state index in [4.69, 9.17) is 10.5 Å². The quantitative estimate of drug-likeness (QED) is 0.936. The molecule has 0 aliphatic carbocycles. The topological polar surface area (TPSA) is 51.4 Å². The summed E-state index contributed by atoms with van der Waals surface area (Å²) in [6, 6.07) is 8.62. The summed E-state index contributed by atoms with van der Waals surface area (Å²) in [7, 11) is 1.70. The lowest BCUT2D eigenvalue weighted by atomic mass is 9.72. The Balaban J connectivity index is 1.68. The summed E-state index contributed by atoms with van der Waals surface area (Å²) in [5, 5.41) is 1.12. The van der Waals surface area contributed by atoms with Gasteiger partial charge in [-0.05, 0) is 61.1 Å². The van der Waals surface area contributed by atoms with Gasteiger partial charge in [-0.3, -0.25) is 9.88 Å². The van der Waals surface area contributed by atoms with E-state index in [-0.39, 0.29) is 6.04 Å². The Morgan fingerprint density at radius 2 is 2.25 bits per heavy atom. The molecular formula is C20H27N3O. The highest BCUT2D eigenvalue weighted by atomic mass is 16.5. The number of fused-ring (bicyclic) bond motifs is 4. The molecular weight excluding hydrogens is 298 g/mol. The molecule has 0 amide bonds. The zero-order chi connectivity index (χ0) is 16.7. The van der Waals surface area contributed by atoms with Gasteiger partial charge in [0.15, 0.2) is 0 Å². The van der Waals surface area contributed by atoms with E-state index >= 15 is 0 Å². The highest BCUT2D eigenvalue weighted by Crippen LogP contribution is 2.42. The molecule has 3 saturated heterocycles. The summed E-state index contributed by atoms with van der Waals surface area (Å²) in [5.74, 6) is 2.57. The minimum absolute atomic E-state index is 0.0308. The van der Waals surface area contributed by atoms with Gasteiger partial charge in [-0.2, -0.15) is 0 Å². The number of aromatic nitrogens is 1. The molecule has 2 N–H and O–H groups in total. The van der Waals surface area contributed by atoms with Gasteiger partial charge in [0.1, 0.15) is 5.75 Å². The molecule has 3 fully saturated rings. The van der Waals surface area contributed by atoms with Crippen LogP contribution in [0.4, 0.5) is 0 Å². The lowest BCUT2D eigenvalue weighted by molar-refractivity contribution is -0.0105. The Bertz CT molecular complexity index is 732. The zero-order valence-corrected chi connectivity index (χ0v) is 14.6. The van der Waals surface area contributed by atoms with Crippen molar-refractivity contribution < 1.29 is 4.74 Å². The molecule has 5 rings (SSSR count). The summed E-state index contributed by atoms with van der Waals surface area (Å²) < 4.78 is 5.40. The molecule has 3 aliphatic rings. The fourth-order valence-corrected chi connectivity index (χ4v) is 4.79. The zero-order valence-electron chi connectivity index (χ0n) is 14.6. The minimum Gasteiger partial charge on any atom is -0.497 e. The van der Waals surface area contributed by atoms with Crippen LogP contribution >= 0.6 is 0 Å². The molecule has 2 unspecified atom stereocenters. The minimum atomic E-state index is 0.0308. The van der Waals surface area contributed by atoms with Crippen molar-refractivity contribution in [1.82, 2.24) is 9.88 Å². The molecule has 5 atom stereocenters. The van der Waals surface area contributed by atoms with Crippen LogP contribution in [0, 0.1) is 11.8 Å².